The topological polar surface area (TPSA) is 64.0 Å². The Hall–Kier alpha value is -2.28. The van der Waals surface area contributed by atoms with Crippen molar-refractivity contribution in [3.05, 3.63) is 36.5 Å². The highest BCUT2D eigenvalue weighted by Crippen LogP contribution is 2.36. The van der Waals surface area contributed by atoms with E-state index >= 15 is 0 Å². The number of hydrogen-bond acceptors (Lipinski definition) is 7. The lowest BCUT2D eigenvalue weighted by molar-refractivity contribution is 0.215. The zero-order valence-corrected chi connectivity index (χ0v) is 16.1. The summed E-state index contributed by atoms with van der Waals surface area (Å²) >= 11 is 1.75. The van der Waals surface area contributed by atoms with E-state index in [1.807, 2.05) is 24.5 Å². The third-order valence-corrected chi connectivity index (χ3v) is 6.81. The summed E-state index contributed by atoms with van der Waals surface area (Å²) in [6, 6.07) is 4.07. The average molecular weight is 382 g/mol. The molecule has 0 aromatic carbocycles. The van der Waals surface area contributed by atoms with Gasteiger partial charge in [-0.25, -0.2) is 15.0 Å². The van der Waals surface area contributed by atoms with Crippen molar-refractivity contribution < 1.29 is 4.74 Å². The number of thiazole rings is 1. The molecule has 3 aromatic heterocycles. The number of ether oxygens (including phenoxy) is 1. The van der Waals surface area contributed by atoms with Crippen molar-refractivity contribution in [3.63, 3.8) is 0 Å². The second-order valence-electron chi connectivity index (χ2n) is 7.49. The monoisotopic (exact) mass is 381 g/mol. The minimum Gasteiger partial charge on any atom is -0.477 e. The molecule has 4 heterocycles. The first-order valence-corrected chi connectivity index (χ1v) is 10.6. The Morgan fingerprint density at radius 2 is 2.04 bits per heavy atom. The van der Waals surface area contributed by atoms with Crippen LogP contribution in [-0.2, 0) is 0 Å². The van der Waals surface area contributed by atoms with Crippen molar-refractivity contribution in [2.75, 3.05) is 24.6 Å². The molecule has 0 unspecified atom stereocenters. The molecule has 0 bridgehead atoms. The van der Waals surface area contributed by atoms with Gasteiger partial charge in [0.15, 0.2) is 5.13 Å². The standard InChI is InChI=1S/C20H23N5OS/c1-2-15(3-1)16-10-19(23-13-22-16)26-12-14-5-8-25(9-6-14)20-24-17-11-21-7-4-18(17)27-20/h4,7,10-11,13-15H,1-3,5-6,8-9,12H2. The number of nitrogens with zero attached hydrogens (tertiary/aromatic N) is 5. The first-order chi connectivity index (χ1) is 13.3. The number of anilines is 1. The van der Waals surface area contributed by atoms with Gasteiger partial charge in [0, 0.05) is 31.3 Å². The minimum atomic E-state index is 0.569. The molecule has 1 saturated carbocycles. The third-order valence-electron chi connectivity index (χ3n) is 5.72. The summed E-state index contributed by atoms with van der Waals surface area (Å²) in [5.41, 5.74) is 2.14. The Kier molecular flexibility index (Phi) is 4.61. The lowest BCUT2D eigenvalue weighted by Gasteiger charge is -2.31. The minimum absolute atomic E-state index is 0.569. The highest BCUT2D eigenvalue weighted by molar-refractivity contribution is 7.22. The maximum absolute atomic E-state index is 6.00. The van der Waals surface area contributed by atoms with Crippen molar-refractivity contribution in [3.8, 4) is 5.88 Å². The van der Waals surface area contributed by atoms with Gasteiger partial charge in [0.1, 0.15) is 11.8 Å². The van der Waals surface area contributed by atoms with Crippen LogP contribution < -0.4 is 9.64 Å². The molecule has 7 heteroatoms. The van der Waals surface area contributed by atoms with Gasteiger partial charge in [0.25, 0.3) is 0 Å². The molecule has 0 atom stereocenters. The lowest BCUT2D eigenvalue weighted by atomic mass is 9.83. The molecule has 5 rings (SSSR count). The Morgan fingerprint density at radius 3 is 2.81 bits per heavy atom. The number of fused-ring (bicyclic) bond motifs is 1. The maximum Gasteiger partial charge on any atom is 0.216 e. The zero-order chi connectivity index (χ0) is 18.1. The van der Waals surface area contributed by atoms with E-state index in [2.05, 4.69) is 19.9 Å². The van der Waals surface area contributed by atoms with E-state index in [0.717, 1.165) is 54.8 Å². The second kappa shape index (κ2) is 7.38. The first kappa shape index (κ1) is 16.9. The molecule has 3 aromatic rings. The fourth-order valence-electron chi connectivity index (χ4n) is 3.76. The van der Waals surface area contributed by atoms with Crippen LogP contribution >= 0.6 is 11.3 Å². The number of rotatable bonds is 5. The van der Waals surface area contributed by atoms with Crippen LogP contribution in [0, 0.1) is 5.92 Å². The van der Waals surface area contributed by atoms with Crippen LogP contribution in [0.4, 0.5) is 5.13 Å². The number of aromatic nitrogens is 4. The molecule has 0 amide bonds. The van der Waals surface area contributed by atoms with Crippen molar-refractivity contribution in [2.45, 2.75) is 38.0 Å². The van der Waals surface area contributed by atoms with Gasteiger partial charge in [-0.1, -0.05) is 17.8 Å². The van der Waals surface area contributed by atoms with E-state index in [-0.39, 0.29) is 0 Å². The van der Waals surface area contributed by atoms with Crippen LogP contribution in [0.3, 0.4) is 0 Å². The van der Waals surface area contributed by atoms with Gasteiger partial charge in [-0.15, -0.1) is 0 Å². The van der Waals surface area contributed by atoms with Crippen LogP contribution in [-0.4, -0.2) is 39.6 Å². The first-order valence-electron chi connectivity index (χ1n) is 9.75. The molecule has 140 valence electrons. The molecule has 6 nitrogen and oxygen atoms in total. The molecule has 1 saturated heterocycles. The van der Waals surface area contributed by atoms with Gasteiger partial charge in [-0.2, -0.15) is 0 Å². The Balaban J connectivity index is 1.15. The smallest absolute Gasteiger partial charge is 0.216 e. The molecular formula is C20H23N5OS. The summed E-state index contributed by atoms with van der Waals surface area (Å²) in [6.07, 6.45) is 11.4. The predicted octanol–water partition coefficient (Wildman–Crippen LogP) is 4.04. The molecule has 0 spiro atoms. The Bertz CT molecular complexity index is 884. The van der Waals surface area contributed by atoms with Crippen LogP contribution in [0.1, 0.15) is 43.7 Å². The highest BCUT2D eigenvalue weighted by Gasteiger charge is 2.23. The molecule has 27 heavy (non-hydrogen) atoms. The van der Waals surface area contributed by atoms with E-state index < -0.39 is 0 Å². The highest BCUT2D eigenvalue weighted by atomic mass is 32.1. The zero-order valence-electron chi connectivity index (χ0n) is 15.3. The van der Waals surface area contributed by atoms with E-state index in [1.54, 1.807) is 17.7 Å². The summed E-state index contributed by atoms with van der Waals surface area (Å²) in [5.74, 6) is 1.91. The van der Waals surface area contributed by atoms with Gasteiger partial charge in [0.2, 0.25) is 5.88 Å². The van der Waals surface area contributed by atoms with Crippen molar-refractivity contribution >= 4 is 26.7 Å². The SMILES string of the molecule is c1cc2sc(N3CCC(COc4cc(C5CCC5)ncn4)CC3)nc2cn1. The van der Waals surface area contributed by atoms with Crippen LogP contribution in [0.2, 0.25) is 0 Å². The Morgan fingerprint density at radius 1 is 1.15 bits per heavy atom. The molecule has 0 radical (unpaired) electrons. The summed E-state index contributed by atoms with van der Waals surface area (Å²) < 4.78 is 7.21. The lowest BCUT2D eigenvalue weighted by Crippen LogP contribution is -2.35. The molecule has 1 aliphatic carbocycles. The normalized spacial score (nSPS) is 18.6. The fourth-order valence-corrected chi connectivity index (χ4v) is 4.74. The maximum atomic E-state index is 6.00. The molecule has 2 aliphatic rings. The van der Waals surface area contributed by atoms with Gasteiger partial charge < -0.3 is 9.64 Å². The summed E-state index contributed by atoms with van der Waals surface area (Å²) in [7, 11) is 0. The molecule has 0 N–H and O–H groups in total. The number of pyridine rings is 1. The largest absolute Gasteiger partial charge is 0.477 e. The van der Waals surface area contributed by atoms with Gasteiger partial charge in [-0.05, 0) is 37.7 Å². The number of hydrogen-bond donors (Lipinski definition) is 0. The summed E-state index contributed by atoms with van der Waals surface area (Å²) in [6.45, 7) is 2.79. The average Bonchev–Trinajstić information content (AvgIpc) is 3.10. The van der Waals surface area contributed by atoms with Crippen LogP contribution in [0.25, 0.3) is 10.2 Å². The van der Waals surface area contributed by atoms with Gasteiger partial charge >= 0.3 is 0 Å². The van der Waals surface area contributed by atoms with Crippen molar-refractivity contribution in [2.24, 2.45) is 5.92 Å². The molecule has 1 aliphatic heterocycles. The van der Waals surface area contributed by atoms with E-state index in [9.17, 15) is 0 Å². The van der Waals surface area contributed by atoms with E-state index in [0.29, 0.717) is 11.8 Å². The summed E-state index contributed by atoms with van der Waals surface area (Å²) in [5, 5.41) is 1.11. The Labute approximate surface area is 162 Å². The van der Waals surface area contributed by atoms with Crippen LogP contribution in [0.5, 0.6) is 5.88 Å². The summed E-state index contributed by atoms with van der Waals surface area (Å²) in [4.78, 5) is 20.0. The van der Waals surface area contributed by atoms with Gasteiger partial charge in [-0.3, -0.25) is 4.98 Å². The molecular weight excluding hydrogens is 358 g/mol. The van der Waals surface area contributed by atoms with Crippen molar-refractivity contribution in [1.82, 2.24) is 19.9 Å². The van der Waals surface area contributed by atoms with E-state index in [4.69, 9.17) is 9.72 Å². The van der Waals surface area contributed by atoms with Crippen molar-refractivity contribution in [1.29, 1.82) is 0 Å². The second-order valence-corrected chi connectivity index (χ2v) is 8.50. The quantitative estimate of drug-likeness (QED) is 0.664. The van der Waals surface area contributed by atoms with Gasteiger partial charge in [0.05, 0.1) is 23.2 Å². The van der Waals surface area contributed by atoms with E-state index in [1.165, 1.54) is 24.0 Å². The number of piperidine rings is 1. The predicted molar refractivity (Wildman–Crippen MR) is 106 cm³/mol. The van der Waals surface area contributed by atoms with Crippen LogP contribution in [0.15, 0.2) is 30.9 Å². The molecule has 2 fully saturated rings. The fraction of sp³-hybridized carbons (Fsp3) is 0.500. The third kappa shape index (κ3) is 3.60.